The lowest BCUT2D eigenvalue weighted by Gasteiger charge is -2.24. The first-order chi connectivity index (χ1) is 14.0. The number of amides is 2. The van der Waals surface area contributed by atoms with Crippen molar-refractivity contribution in [2.24, 2.45) is 5.92 Å². The summed E-state index contributed by atoms with van der Waals surface area (Å²) in [6, 6.07) is 16.3. The summed E-state index contributed by atoms with van der Waals surface area (Å²) in [4.78, 5) is 29.2. The number of anilines is 2. The van der Waals surface area contributed by atoms with Gasteiger partial charge in [-0.25, -0.2) is 0 Å². The molecule has 1 fully saturated rings. The number of carbonyl (C=O) groups excluding carboxylic acids is 2. The summed E-state index contributed by atoms with van der Waals surface area (Å²) in [7, 11) is 0. The van der Waals surface area contributed by atoms with Gasteiger partial charge in [0.1, 0.15) is 0 Å². The molecular formula is C24H31N3O2. The first-order valence-electron chi connectivity index (χ1n) is 10.5. The molecule has 0 saturated carbocycles. The molecule has 3 rings (SSSR count). The molecule has 1 aliphatic rings. The molecule has 0 aliphatic carbocycles. The Morgan fingerprint density at radius 2 is 1.86 bits per heavy atom. The number of nitrogens with zero attached hydrogens (tertiary/aromatic N) is 2. The molecule has 0 bridgehead atoms. The van der Waals surface area contributed by atoms with Gasteiger partial charge < -0.3 is 15.1 Å². The van der Waals surface area contributed by atoms with Crippen molar-refractivity contribution in [2.75, 3.05) is 36.0 Å². The van der Waals surface area contributed by atoms with Crippen molar-refractivity contribution in [1.82, 2.24) is 5.32 Å². The first kappa shape index (κ1) is 20.9. The number of hydrogen-bond donors (Lipinski definition) is 1. The third kappa shape index (κ3) is 4.97. The van der Waals surface area contributed by atoms with Gasteiger partial charge in [0.05, 0.1) is 5.92 Å². The zero-order valence-corrected chi connectivity index (χ0v) is 17.6. The number of hydrogen-bond acceptors (Lipinski definition) is 3. The van der Waals surface area contributed by atoms with Crippen LogP contribution in [0.4, 0.5) is 11.4 Å². The Balaban J connectivity index is 1.60. The predicted molar refractivity (Wildman–Crippen MR) is 118 cm³/mol. The average molecular weight is 394 g/mol. The number of carbonyl (C=O) groups is 2. The molecule has 29 heavy (non-hydrogen) atoms. The van der Waals surface area contributed by atoms with E-state index in [1.54, 1.807) is 4.90 Å². The van der Waals surface area contributed by atoms with Crippen LogP contribution < -0.4 is 15.1 Å². The highest BCUT2D eigenvalue weighted by molar-refractivity contribution is 6.01. The topological polar surface area (TPSA) is 52.6 Å². The largest absolute Gasteiger partial charge is 0.372 e. The lowest BCUT2D eigenvalue weighted by Crippen LogP contribution is -2.34. The molecule has 1 heterocycles. The maximum absolute atomic E-state index is 12.6. The van der Waals surface area contributed by atoms with Crippen molar-refractivity contribution >= 4 is 23.2 Å². The van der Waals surface area contributed by atoms with Crippen molar-refractivity contribution in [3.63, 3.8) is 0 Å². The number of benzene rings is 2. The van der Waals surface area contributed by atoms with E-state index in [4.69, 9.17) is 0 Å². The van der Waals surface area contributed by atoms with E-state index >= 15 is 0 Å². The summed E-state index contributed by atoms with van der Waals surface area (Å²) < 4.78 is 0. The maximum atomic E-state index is 12.6. The van der Waals surface area contributed by atoms with Gasteiger partial charge in [-0.2, -0.15) is 0 Å². The normalized spacial score (nSPS) is 16.2. The predicted octanol–water partition coefficient (Wildman–Crippen LogP) is 3.55. The Kier molecular flexibility index (Phi) is 6.91. The highest BCUT2D eigenvalue weighted by Gasteiger charge is 2.35. The number of rotatable bonds is 8. The molecule has 5 nitrogen and oxygen atoms in total. The van der Waals surface area contributed by atoms with Gasteiger partial charge >= 0.3 is 0 Å². The Bertz CT molecular complexity index is 846. The van der Waals surface area contributed by atoms with E-state index in [0.717, 1.165) is 36.4 Å². The van der Waals surface area contributed by atoms with Crippen LogP contribution in [0.3, 0.4) is 0 Å². The molecule has 1 aliphatic heterocycles. The molecule has 1 atom stereocenters. The average Bonchev–Trinajstić information content (AvgIpc) is 3.11. The SMILES string of the molecule is CCN(CC)c1ccc(N2CC(C(=O)NCCc3ccccc3)CC2=O)c(C)c1. The smallest absolute Gasteiger partial charge is 0.227 e. The fourth-order valence-corrected chi connectivity index (χ4v) is 3.96. The minimum atomic E-state index is -0.292. The zero-order valence-electron chi connectivity index (χ0n) is 17.6. The summed E-state index contributed by atoms with van der Waals surface area (Å²) in [5.74, 6) is -0.304. The van der Waals surface area contributed by atoms with Crippen LogP contribution >= 0.6 is 0 Å². The minimum Gasteiger partial charge on any atom is -0.372 e. The molecule has 1 unspecified atom stereocenters. The van der Waals surface area contributed by atoms with Crippen molar-refractivity contribution in [3.05, 3.63) is 59.7 Å². The lowest BCUT2D eigenvalue weighted by atomic mass is 10.1. The van der Waals surface area contributed by atoms with Crippen molar-refractivity contribution < 1.29 is 9.59 Å². The van der Waals surface area contributed by atoms with E-state index in [0.29, 0.717) is 13.1 Å². The fraction of sp³-hybridized carbons (Fsp3) is 0.417. The van der Waals surface area contributed by atoms with Crippen LogP contribution in [0.1, 0.15) is 31.4 Å². The van der Waals surface area contributed by atoms with Gasteiger partial charge in [0, 0.05) is 44.0 Å². The molecule has 5 heteroatoms. The van der Waals surface area contributed by atoms with Crippen LogP contribution in [0.15, 0.2) is 48.5 Å². The van der Waals surface area contributed by atoms with Gasteiger partial charge in [0.2, 0.25) is 11.8 Å². The van der Waals surface area contributed by atoms with Crippen molar-refractivity contribution in [2.45, 2.75) is 33.6 Å². The van der Waals surface area contributed by atoms with Crippen LogP contribution in [-0.2, 0) is 16.0 Å². The lowest BCUT2D eigenvalue weighted by molar-refractivity contribution is -0.126. The van der Waals surface area contributed by atoms with Gasteiger partial charge in [0.15, 0.2) is 0 Å². The van der Waals surface area contributed by atoms with E-state index in [1.165, 1.54) is 5.56 Å². The van der Waals surface area contributed by atoms with Crippen LogP contribution in [0.5, 0.6) is 0 Å². The number of aryl methyl sites for hydroxylation is 1. The molecule has 0 radical (unpaired) electrons. The quantitative estimate of drug-likeness (QED) is 0.746. The Labute approximate surface area is 173 Å². The van der Waals surface area contributed by atoms with E-state index in [1.807, 2.05) is 31.2 Å². The second kappa shape index (κ2) is 9.59. The van der Waals surface area contributed by atoms with E-state index < -0.39 is 0 Å². The van der Waals surface area contributed by atoms with Gasteiger partial charge in [0.25, 0.3) is 0 Å². The van der Waals surface area contributed by atoms with E-state index in [2.05, 4.69) is 48.3 Å². The monoisotopic (exact) mass is 393 g/mol. The standard InChI is InChI=1S/C24H31N3O2/c1-4-26(5-2)21-11-12-22(18(3)15-21)27-17-20(16-23(27)28)24(29)25-14-13-19-9-7-6-8-10-19/h6-12,15,20H,4-5,13-14,16-17H2,1-3H3,(H,25,29). The minimum absolute atomic E-state index is 0.0203. The molecule has 2 aromatic carbocycles. The molecule has 1 saturated heterocycles. The van der Waals surface area contributed by atoms with E-state index in [-0.39, 0.29) is 24.2 Å². The second-order valence-corrected chi connectivity index (χ2v) is 7.58. The summed E-state index contributed by atoms with van der Waals surface area (Å²) in [5, 5.41) is 3.00. The molecule has 2 aromatic rings. The van der Waals surface area contributed by atoms with Gasteiger partial charge in [-0.15, -0.1) is 0 Å². The molecule has 0 spiro atoms. The third-order valence-corrected chi connectivity index (χ3v) is 5.65. The second-order valence-electron chi connectivity index (χ2n) is 7.58. The van der Waals surface area contributed by atoms with Crippen molar-refractivity contribution in [3.8, 4) is 0 Å². The van der Waals surface area contributed by atoms with Crippen molar-refractivity contribution in [1.29, 1.82) is 0 Å². The molecule has 1 N–H and O–H groups in total. The Morgan fingerprint density at radius 1 is 1.14 bits per heavy atom. The summed E-state index contributed by atoms with van der Waals surface area (Å²) in [6.45, 7) is 9.23. The summed E-state index contributed by atoms with van der Waals surface area (Å²) in [6.07, 6.45) is 1.07. The molecule has 154 valence electrons. The van der Waals surface area contributed by atoms with Crippen LogP contribution in [0.2, 0.25) is 0 Å². The molecule has 0 aromatic heterocycles. The van der Waals surface area contributed by atoms with Gasteiger partial charge in [-0.05, 0) is 56.5 Å². The Morgan fingerprint density at radius 3 is 2.52 bits per heavy atom. The highest BCUT2D eigenvalue weighted by atomic mass is 16.2. The van der Waals surface area contributed by atoms with E-state index in [9.17, 15) is 9.59 Å². The highest BCUT2D eigenvalue weighted by Crippen LogP contribution is 2.30. The summed E-state index contributed by atoms with van der Waals surface area (Å²) in [5.41, 5.74) is 4.33. The van der Waals surface area contributed by atoms with Crippen LogP contribution in [-0.4, -0.2) is 38.0 Å². The summed E-state index contributed by atoms with van der Waals surface area (Å²) >= 11 is 0. The number of nitrogens with one attached hydrogen (secondary N) is 1. The first-order valence-corrected chi connectivity index (χ1v) is 10.5. The third-order valence-electron chi connectivity index (χ3n) is 5.65. The maximum Gasteiger partial charge on any atom is 0.227 e. The fourth-order valence-electron chi connectivity index (χ4n) is 3.96. The zero-order chi connectivity index (χ0) is 20.8. The molecular weight excluding hydrogens is 362 g/mol. The van der Waals surface area contributed by atoms with Crippen LogP contribution in [0.25, 0.3) is 0 Å². The van der Waals surface area contributed by atoms with Gasteiger partial charge in [-0.1, -0.05) is 30.3 Å². The Hall–Kier alpha value is -2.82. The molecule has 2 amide bonds. The van der Waals surface area contributed by atoms with Gasteiger partial charge in [-0.3, -0.25) is 9.59 Å². The van der Waals surface area contributed by atoms with Crippen LogP contribution in [0, 0.1) is 12.8 Å².